The van der Waals surface area contributed by atoms with Crippen molar-refractivity contribution in [1.82, 2.24) is 9.97 Å². The Hall–Kier alpha value is -2.84. The molecule has 26 heavy (non-hydrogen) atoms. The summed E-state index contributed by atoms with van der Waals surface area (Å²) in [4.78, 5) is 20.8. The van der Waals surface area contributed by atoms with Gasteiger partial charge in [-0.2, -0.15) is 18.2 Å². The van der Waals surface area contributed by atoms with Crippen molar-refractivity contribution in [2.24, 2.45) is 0 Å². The van der Waals surface area contributed by atoms with Gasteiger partial charge in [0.2, 0.25) is 5.95 Å². The van der Waals surface area contributed by atoms with E-state index in [9.17, 15) is 18.0 Å². The molecule has 9 heteroatoms. The fraction of sp³-hybridized carbons (Fsp3) is 0.353. The molecule has 6 nitrogen and oxygen atoms in total. The van der Waals surface area contributed by atoms with Crippen LogP contribution in [0.4, 0.5) is 24.9 Å². The summed E-state index contributed by atoms with van der Waals surface area (Å²) >= 11 is 0. The lowest BCUT2D eigenvalue weighted by Crippen LogP contribution is -2.26. The van der Waals surface area contributed by atoms with E-state index < -0.39 is 23.3 Å². The minimum atomic E-state index is -4.39. The Balaban J connectivity index is 2.37. The van der Waals surface area contributed by atoms with Gasteiger partial charge in [-0.25, -0.2) is 0 Å². The monoisotopic (exact) mass is 367 g/mol. The molecule has 2 rings (SSSR count). The molecule has 0 aliphatic carbocycles. The highest BCUT2D eigenvalue weighted by Gasteiger charge is 2.30. The summed E-state index contributed by atoms with van der Waals surface area (Å²) in [6.07, 6.45) is -4.39. The van der Waals surface area contributed by atoms with Gasteiger partial charge in [-0.15, -0.1) is 0 Å². The van der Waals surface area contributed by atoms with Crippen LogP contribution in [0.2, 0.25) is 0 Å². The molecule has 0 aliphatic rings. The van der Waals surface area contributed by atoms with Crippen molar-refractivity contribution in [2.75, 3.05) is 24.3 Å². The Morgan fingerprint density at radius 2 is 1.85 bits per heavy atom. The second-order valence-electron chi connectivity index (χ2n) is 6.12. The van der Waals surface area contributed by atoms with Crippen LogP contribution < -0.4 is 15.8 Å². The van der Waals surface area contributed by atoms with E-state index in [1.807, 2.05) is 0 Å². The average molecular weight is 367 g/mol. The average Bonchev–Trinajstić information content (AvgIpc) is 2.53. The number of alkyl halides is 3. The van der Waals surface area contributed by atoms with E-state index in [1.54, 1.807) is 25.9 Å². The fourth-order valence-corrected chi connectivity index (χ4v) is 2.37. The number of aromatic amines is 1. The molecule has 0 aliphatic heterocycles. The molecule has 1 aromatic heterocycles. The molecule has 1 atom stereocenters. The summed E-state index contributed by atoms with van der Waals surface area (Å²) in [5.74, 6) is 0.513. The normalized spacial score (nSPS) is 12.6. The van der Waals surface area contributed by atoms with Crippen LogP contribution >= 0.6 is 0 Å². The molecule has 1 unspecified atom stereocenters. The van der Waals surface area contributed by atoms with Gasteiger partial charge in [-0.05, 0) is 31.5 Å². The number of rotatable bonds is 5. The zero-order valence-electron chi connectivity index (χ0n) is 14.8. The fourth-order valence-electron chi connectivity index (χ4n) is 2.37. The number of H-pyrrole nitrogens is 1. The lowest BCUT2D eigenvalue weighted by Gasteiger charge is -2.20. The molecule has 0 radical (unpaired) electrons. The number of nitrogens with one attached hydrogen (secondary N) is 3. The van der Waals surface area contributed by atoms with E-state index in [-0.39, 0.29) is 17.1 Å². The van der Waals surface area contributed by atoms with Gasteiger partial charge in [0.15, 0.2) is 0 Å². The van der Waals surface area contributed by atoms with Crippen LogP contribution in [-0.2, 0) is 6.18 Å². The van der Waals surface area contributed by atoms with Crippen molar-refractivity contribution in [3.05, 3.63) is 51.3 Å². The van der Waals surface area contributed by atoms with E-state index in [2.05, 4.69) is 15.3 Å². The smallest absolute Gasteiger partial charge is 0.363 e. The first-order chi connectivity index (χ1) is 12.0. The molecule has 1 heterocycles. The van der Waals surface area contributed by atoms with E-state index in [1.165, 1.54) is 19.1 Å². The topological polar surface area (TPSA) is 84.9 Å². The van der Waals surface area contributed by atoms with Gasteiger partial charge < -0.3 is 15.6 Å². The van der Waals surface area contributed by atoms with Crippen molar-refractivity contribution in [3.8, 4) is 0 Å². The summed E-state index contributed by atoms with van der Waals surface area (Å²) in [5.41, 5.74) is -0.465. The van der Waals surface area contributed by atoms with Crippen molar-refractivity contribution >= 4 is 17.5 Å². The van der Waals surface area contributed by atoms with Crippen molar-refractivity contribution in [2.45, 2.75) is 26.1 Å². The number of aromatic nitrogens is 2. The standard InChI is InChI=1S/C17H20F3N5O/c1-9(21)13-14(23-16(25(3)4)24-15(13)26)22-10(2)11-5-7-12(8-6-11)17(18,19)20/h5-8,10,21H,1-4H3,(H2,22,23,24,26). The highest BCUT2D eigenvalue weighted by Crippen LogP contribution is 2.30. The third-order valence-corrected chi connectivity index (χ3v) is 3.80. The van der Waals surface area contributed by atoms with Gasteiger partial charge in [0.05, 0.1) is 5.56 Å². The van der Waals surface area contributed by atoms with Crippen molar-refractivity contribution in [3.63, 3.8) is 0 Å². The summed E-state index contributed by atoms with van der Waals surface area (Å²) in [6, 6.07) is 4.34. The van der Waals surface area contributed by atoms with E-state index >= 15 is 0 Å². The lowest BCUT2D eigenvalue weighted by molar-refractivity contribution is -0.137. The molecule has 0 bridgehead atoms. The largest absolute Gasteiger partial charge is 0.416 e. The third-order valence-electron chi connectivity index (χ3n) is 3.80. The number of benzene rings is 1. The first kappa shape index (κ1) is 19.5. The van der Waals surface area contributed by atoms with Gasteiger partial charge in [0, 0.05) is 25.8 Å². The van der Waals surface area contributed by atoms with Crippen LogP contribution in [0, 0.1) is 5.41 Å². The predicted molar refractivity (Wildman–Crippen MR) is 95.2 cm³/mol. The molecule has 0 saturated carbocycles. The first-order valence-electron chi connectivity index (χ1n) is 7.81. The summed E-state index contributed by atoms with van der Waals surface area (Å²) in [6.45, 7) is 3.21. The van der Waals surface area contributed by atoms with Gasteiger partial charge in [-0.3, -0.25) is 9.78 Å². The van der Waals surface area contributed by atoms with Gasteiger partial charge in [0.1, 0.15) is 11.4 Å². The molecule has 0 amide bonds. The molecular formula is C17H20F3N5O. The van der Waals surface area contributed by atoms with Crippen LogP contribution in [-0.4, -0.2) is 29.8 Å². The maximum absolute atomic E-state index is 12.7. The minimum absolute atomic E-state index is 0.0335. The Labute approximate surface area is 148 Å². The summed E-state index contributed by atoms with van der Waals surface area (Å²) in [7, 11) is 3.41. The molecule has 3 N–H and O–H groups in total. The van der Waals surface area contributed by atoms with Crippen LogP contribution in [0.3, 0.4) is 0 Å². The van der Waals surface area contributed by atoms with Gasteiger partial charge in [0.25, 0.3) is 5.56 Å². The van der Waals surface area contributed by atoms with Crippen molar-refractivity contribution < 1.29 is 13.2 Å². The number of nitrogens with zero attached hydrogens (tertiary/aromatic N) is 2. The minimum Gasteiger partial charge on any atom is -0.363 e. The quantitative estimate of drug-likeness (QED) is 0.707. The van der Waals surface area contributed by atoms with Gasteiger partial charge in [-0.1, -0.05) is 12.1 Å². The Morgan fingerprint density at radius 3 is 2.31 bits per heavy atom. The molecule has 1 aromatic carbocycles. The van der Waals surface area contributed by atoms with E-state index in [0.29, 0.717) is 11.5 Å². The Morgan fingerprint density at radius 1 is 1.27 bits per heavy atom. The summed E-state index contributed by atoms with van der Waals surface area (Å²) in [5, 5.41) is 10.8. The number of anilines is 2. The van der Waals surface area contributed by atoms with Gasteiger partial charge >= 0.3 is 6.18 Å². The molecule has 0 fully saturated rings. The number of halogens is 3. The molecule has 140 valence electrons. The molecular weight excluding hydrogens is 347 g/mol. The molecule has 0 spiro atoms. The lowest BCUT2D eigenvalue weighted by atomic mass is 10.1. The number of hydrogen-bond donors (Lipinski definition) is 3. The predicted octanol–water partition coefficient (Wildman–Crippen LogP) is 3.42. The van der Waals surface area contributed by atoms with Crippen molar-refractivity contribution in [1.29, 1.82) is 5.41 Å². The first-order valence-corrected chi connectivity index (χ1v) is 7.81. The SMILES string of the molecule is CC(=N)c1c(NC(C)c2ccc(C(F)(F)F)cc2)nc(N(C)C)[nH]c1=O. The Bertz CT molecular complexity index is 856. The van der Waals surface area contributed by atoms with E-state index in [4.69, 9.17) is 5.41 Å². The highest BCUT2D eigenvalue weighted by molar-refractivity contribution is 6.00. The second kappa shape index (κ2) is 7.19. The zero-order valence-corrected chi connectivity index (χ0v) is 14.8. The zero-order chi connectivity index (χ0) is 19.6. The third kappa shape index (κ3) is 4.22. The molecule has 0 saturated heterocycles. The summed E-state index contributed by atoms with van der Waals surface area (Å²) < 4.78 is 38.0. The molecule has 2 aromatic rings. The van der Waals surface area contributed by atoms with E-state index in [0.717, 1.165) is 12.1 Å². The Kier molecular flexibility index (Phi) is 5.38. The van der Waals surface area contributed by atoms with Crippen LogP contribution in [0.5, 0.6) is 0 Å². The maximum atomic E-state index is 12.7. The van der Waals surface area contributed by atoms with Crippen LogP contribution in [0.1, 0.15) is 36.6 Å². The second-order valence-corrected chi connectivity index (χ2v) is 6.12. The highest BCUT2D eigenvalue weighted by atomic mass is 19.4. The van der Waals surface area contributed by atoms with Crippen LogP contribution in [0.15, 0.2) is 29.1 Å². The number of hydrogen-bond acceptors (Lipinski definition) is 5. The van der Waals surface area contributed by atoms with Crippen LogP contribution in [0.25, 0.3) is 0 Å². The maximum Gasteiger partial charge on any atom is 0.416 e.